The quantitative estimate of drug-likeness (QED) is 0.855. The maximum absolute atomic E-state index is 11.2. The van der Waals surface area contributed by atoms with Crippen LogP contribution < -0.4 is 0 Å². The fraction of sp³-hybridized carbons (Fsp3) is 0.167. The average Bonchev–Trinajstić information content (AvgIpc) is 2.28. The highest BCUT2D eigenvalue weighted by atomic mass is 32.2. The van der Waals surface area contributed by atoms with Crippen LogP contribution in [-0.4, -0.2) is 26.0 Å². The average molecular weight is 261 g/mol. The van der Waals surface area contributed by atoms with Crippen LogP contribution in [0.4, 0.5) is 0 Å². The van der Waals surface area contributed by atoms with Crippen LogP contribution in [-0.2, 0) is 0 Å². The number of carboxylic acids is 1. The summed E-state index contributed by atoms with van der Waals surface area (Å²) in [6.07, 6.45) is 3.22. The molecule has 0 amide bonds. The number of aromatic nitrogens is 3. The summed E-state index contributed by atoms with van der Waals surface area (Å²) in [6.45, 7) is 3.60. The number of nitrogens with zero attached hydrogens (tertiary/aromatic N) is 3. The SMILES string of the molecule is Cc1ccnc(Sc2nccc(C)c2C(=O)O)n1. The third-order valence-electron chi connectivity index (χ3n) is 2.30. The van der Waals surface area contributed by atoms with Crippen molar-refractivity contribution in [2.45, 2.75) is 24.0 Å². The lowest BCUT2D eigenvalue weighted by Crippen LogP contribution is -2.04. The molecule has 92 valence electrons. The molecule has 2 heterocycles. The first-order valence-corrected chi connectivity index (χ1v) is 6.06. The Hall–Kier alpha value is -1.95. The van der Waals surface area contributed by atoms with Gasteiger partial charge in [0.05, 0.1) is 5.56 Å². The normalized spacial score (nSPS) is 10.3. The lowest BCUT2D eigenvalue weighted by atomic mass is 10.2. The second kappa shape index (κ2) is 5.14. The zero-order valence-electron chi connectivity index (χ0n) is 9.91. The molecule has 0 bridgehead atoms. The molecule has 0 unspecified atom stereocenters. The molecular formula is C12H11N3O2S. The fourth-order valence-electron chi connectivity index (χ4n) is 1.43. The summed E-state index contributed by atoms with van der Waals surface area (Å²) in [7, 11) is 0. The highest BCUT2D eigenvalue weighted by molar-refractivity contribution is 7.99. The number of pyridine rings is 1. The van der Waals surface area contributed by atoms with Crippen LogP contribution in [0.5, 0.6) is 0 Å². The van der Waals surface area contributed by atoms with E-state index in [0.29, 0.717) is 15.7 Å². The van der Waals surface area contributed by atoms with Crippen molar-refractivity contribution in [3.05, 3.63) is 41.3 Å². The minimum atomic E-state index is -0.990. The third kappa shape index (κ3) is 2.65. The molecule has 0 saturated heterocycles. The largest absolute Gasteiger partial charge is 0.478 e. The molecule has 2 rings (SSSR count). The van der Waals surface area contributed by atoms with E-state index in [1.165, 1.54) is 0 Å². The zero-order valence-corrected chi connectivity index (χ0v) is 10.7. The Balaban J connectivity index is 2.40. The summed E-state index contributed by atoms with van der Waals surface area (Å²) in [4.78, 5) is 23.6. The van der Waals surface area contributed by atoms with Gasteiger partial charge in [0.15, 0.2) is 5.16 Å². The molecule has 0 saturated carbocycles. The van der Waals surface area contributed by atoms with E-state index in [1.54, 1.807) is 31.5 Å². The maximum Gasteiger partial charge on any atom is 0.338 e. The number of hydrogen-bond donors (Lipinski definition) is 1. The van der Waals surface area contributed by atoms with Crippen molar-refractivity contribution in [1.29, 1.82) is 0 Å². The van der Waals surface area contributed by atoms with Crippen LogP contribution in [0.25, 0.3) is 0 Å². The van der Waals surface area contributed by atoms with Crippen LogP contribution in [0.15, 0.2) is 34.7 Å². The van der Waals surface area contributed by atoms with E-state index in [2.05, 4.69) is 15.0 Å². The van der Waals surface area contributed by atoms with Crippen LogP contribution in [0.3, 0.4) is 0 Å². The van der Waals surface area contributed by atoms with Crippen molar-refractivity contribution in [3.8, 4) is 0 Å². The molecule has 6 heteroatoms. The second-order valence-corrected chi connectivity index (χ2v) is 4.65. The van der Waals surface area contributed by atoms with Gasteiger partial charge in [-0.1, -0.05) is 0 Å². The molecule has 0 aliphatic carbocycles. The van der Waals surface area contributed by atoms with Crippen molar-refractivity contribution < 1.29 is 9.90 Å². The highest BCUT2D eigenvalue weighted by Crippen LogP contribution is 2.27. The fourth-order valence-corrected chi connectivity index (χ4v) is 2.37. The predicted octanol–water partition coefficient (Wildman–Crippen LogP) is 2.34. The minimum absolute atomic E-state index is 0.201. The smallest absolute Gasteiger partial charge is 0.338 e. The summed E-state index contributed by atoms with van der Waals surface area (Å²) >= 11 is 1.16. The number of carbonyl (C=O) groups is 1. The summed E-state index contributed by atoms with van der Waals surface area (Å²) < 4.78 is 0. The summed E-state index contributed by atoms with van der Waals surface area (Å²) in [5.41, 5.74) is 1.71. The van der Waals surface area contributed by atoms with E-state index < -0.39 is 5.97 Å². The Morgan fingerprint density at radius 2 is 1.94 bits per heavy atom. The van der Waals surface area contributed by atoms with Gasteiger partial charge in [-0.05, 0) is 43.3 Å². The Labute approximate surface area is 108 Å². The van der Waals surface area contributed by atoms with Gasteiger partial charge in [0.25, 0.3) is 0 Å². The zero-order chi connectivity index (χ0) is 13.1. The number of carboxylic acid groups (broad SMARTS) is 1. The van der Waals surface area contributed by atoms with Gasteiger partial charge in [-0.2, -0.15) is 0 Å². The van der Waals surface area contributed by atoms with Gasteiger partial charge < -0.3 is 5.11 Å². The van der Waals surface area contributed by atoms with Gasteiger partial charge in [-0.15, -0.1) is 0 Å². The molecule has 0 aliphatic heterocycles. The van der Waals surface area contributed by atoms with Crippen molar-refractivity contribution in [2.75, 3.05) is 0 Å². The molecule has 1 N–H and O–H groups in total. The molecule has 0 aliphatic rings. The molecular weight excluding hydrogens is 250 g/mol. The standard InChI is InChI=1S/C12H11N3O2S/c1-7-3-5-13-10(9(7)11(16)17)18-12-14-6-4-8(2)15-12/h3-6H,1-2H3,(H,16,17). The molecule has 2 aromatic rings. The van der Waals surface area contributed by atoms with Gasteiger partial charge in [0, 0.05) is 18.1 Å². The molecule has 0 fully saturated rings. The highest BCUT2D eigenvalue weighted by Gasteiger charge is 2.16. The topological polar surface area (TPSA) is 76.0 Å². The van der Waals surface area contributed by atoms with Crippen LogP contribution in [0, 0.1) is 13.8 Å². The number of aromatic carboxylic acids is 1. The molecule has 18 heavy (non-hydrogen) atoms. The Morgan fingerprint density at radius 1 is 1.22 bits per heavy atom. The summed E-state index contributed by atoms with van der Waals surface area (Å²) in [6, 6.07) is 3.45. The van der Waals surface area contributed by atoms with Gasteiger partial charge in [0.2, 0.25) is 0 Å². The Morgan fingerprint density at radius 3 is 2.61 bits per heavy atom. The number of hydrogen-bond acceptors (Lipinski definition) is 5. The first kappa shape index (κ1) is 12.5. The van der Waals surface area contributed by atoms with Crippen molar-refractivity contribution in [2.24, 2.45) is 0 Å². The predicted molar refractivity (Wildman–Crippen MR) is 66.8 cm³/mol. The van der Waals surface area contributed by atoms with Crippen molar-refractivity contribution in [1.82, 2.24) is 15.0 Å². The number of rotatable bonds is 3. The first-order valence-electron chi connectivity index (χ1n) is 5.24. The Kier molecular flexibility index (Phi) is 3.57. The van der Waals surface area contributed by atoms with E-state index in [4.69, 9.17) is 0 Å². The van der Waals surface area contributed by atoms with Crippen LogP contribution in [0.2, 0.25) is 0 Å². The Bertz CT molecular complexity index is 602. The van der Waals surface area contributed by atoms with E-state index in [0.717, 1.165) is 17.5 Å². The molecule has 0 aromatic carbocycles. The van der Waals surface area contributed by atoms with E-state index in [-0.39, 0.29) is 5.56 Å². The molecule has 0 spiro atoms. The number of aryl methyl sites for hydroxylation is 2. The monoisotopic (exact) mass is 261 g/mol. The van der Waals surface area contributed by atoms with Crippen molar-refractivity contribution in [3.63, 3.8) is 0 Å². The van der Waals surface area contributed by atoms with Gasteiger partial charge in [-0.3, -0.25) is 0 Å². The van der Waals surface area contributed by atoms with Gasteiger partial charge >= 0.3 is 5.97 Å². The minimum Gasteiger partial charge on any atom is -0.478 e. The molecule has 2 aromatic heterocycles. The van der Waals surface area contributed by atoms with Gasteiger partial charge in [0.1, 0.15) is 5.03 Å². The lowest BCUT2D eigenvalue weighted by Gasteiger charge is -2.06. The van der Waals surface area contributed by atoms with Crippen LogP contribution >= 0.6 is 11.8 Å². The summed E-state index contributed by atoms with van der Waals surface area (Å²) in [5, 5.41) is 10.1. The molecule has 5 nitrogen and oxygen atoms in total. The first-order chi connectivity index (χ1) is 8.58. The van der Waals surface area contributed by atoms with E-state index in [9.17, 15) is 9.90 Å². The summed E-state index contributed by atoms with van der Waals surface area (Å²) in [5.74, 6) is -0.990. The van der Waals surface area contributed by atoms with E-state index in [1.807, 2.05) is 6.92 Å². The van der Waals surface area contributed by atoms with Gasteiger partial charge in [-0.25, -0.2) is 19.7 Å². The molecule has 0 atom stereocenters. The second-order valence-electron chi connectivity index (χ2n) is 3.70. The van der Waals surface area contributed by atoms with E-state index >= 15 is 0 Å². The van der Waals surface area contributed by atoms with Crippen LogP contribution in [0.1, 0.15) is 21.6 Å². The third-order valence-corrected chi connectivity index (χ3v) is 3.18. The maximum atomic E-state index is 11.2. The van der Waals surface area contributed by atoms with Crippen molar-refractivity contribution >= 4 is 17.7 Å². The lowest BCUT2D eigenvalue weighted by molar-refractivity contribution is 0.0691. The molecule has 0 radical (unpaired) electrons.